The van der Waals surface area contributed by atoms with Crippen LogP contribution in [0.5, 0.6) is 0 Å². The van der Waals surface area contributed by atoms with Crippen molar-refractivity contribution in [2.24, 2.45) is 5.73 Å². The average Bonchev–Trinajstić information content (AvgIpc) is 2.38. The molecule has 0 aliphatic carbocycles. The molecule has 0 bridgehead atoms. The van der Waals surface area contributed by atoms with Crippen molar-refractivity contribution < 1.29 is 4.79 Å². The monoisotopic (exact) mass is 262 g/mol. The summed E-state index contributed by atoms with van der Waals surface area (Å²) in [6.07, 6.45) is 3.34. The van der Waals surface area contributed by atoms with Crippen molar-refractivity contribution in [3.63, 3.8) is 0 Å². The number of carbonyl (C=O) groups excluding carboxylic acids is 1. The van der Waals surface area contributed by atoms with E-state index in [1.54, 1.807) is 0 Å². The Morgan fingerprint density at radius 2 is 1.89 bits per heavy atom. The molecule has 1 rings (SSSR count). The maximum Gasteiger partial charge on any atom is 0.220 e. The molecule has 19 heavy (non-hydrogen) atoms. The SMILES string of the molecule is CCc1ccc(C(C)NC(=O)CCCC(C)N)cc1. The second kappa shape index (κ2) is 7.95. The predicted molar refractivity (Wildman–Crippen MR) is 79.9 cm³/mol. The first kappa shape index (κ1) is 15.7. The topological polar surface area (TPSA) is 55.1 Å². The van der Waals surface area contributed by atoms with Gasteiger partial charge < -0.3 is 11.1 Å². The lowest BCUT2D eigenvalue weighted by Gasteiger charge is -2.15. The Kier molecular flexibility index (Phi) is 6.57. The second-order valence-electron chi connectivity index (χ2n) is 5.25. The lowest BCUT2D eigenvalue weighted by molar-refractivity contribution is -0.121. The van der Waals surface area contributed by atoms with E-state index in [-0.39, 0.29) is 18.0 Å². The molecule has 1 aromatic carbocycles. The fourth-order valence-electron chi connectivity index (χ4n) is 2.02. The number of aryl methyl sites for hydroxylation is 1. The lowest BCUT2D eigenvalue weighted by atomic mass is 10.0. The summed E-state index contributed by atoms with van der Waals surface area (Å²) in [7, 11) is 0. The third-order valence-corrected chi connectivity index (χ3v) is 3.33. The molecule has 0 spiro atoms. The molecule has 0 aromatic heterocycles. The number of nitrogens with two attached hydrogens (primary N) is 1. The van der Waals surface area contributed by atoms with Crippen molar-refractivity contribution >= 4 is 5.91 Å². The highest BCUT2D eigenvalue weighted by Crippen LogP contribution is 2.14. The van der Waals surface area contributed by atoms with E-state index in [2.05, 4.69) is 36.5 Å². The standard InChI is InChI=1S/C16H26N2O/c1-4-14-8-10-15(11-9-14)13(3)18-16(19)7-5-6-12(2)17/h8-13H,4-7,17H2,1-3H3,(H,18,19). The summed E-state index contributed by atoms with van der Waals surface area (Å²) in [6.45, 7) is 6.12. The smallest absolute Gasteiger partial charge is 0.220 e. The van der Waals surface area contributed by atoms with Gasteiger partial charge in [-0.3, -0.25) is 4.79 Å². The normalized spacial score (nSPS) is 13.9. The number of benzene rings is 1. The van der Waals surface area contributed by atoms with Crippen molar-refractivity contribution in [2.75, 3.05) is 0 Å². The van der Waals surface area contributed by atoms with Crippen LogP contribution in [0, 0.1) is 0 Å². The third-order valence-electron chi connectivity index (χ3n) is 3.33. The Morgan fingerprint density at radius 1 is 1.26 bits per heavy atom. The van der Waals surface area contributed by atoms with Gasteiger partial charge in [0.2, 0.25) is 5.91 Å². The summed E-state index contributed by atoms with van der Waals surface area (Å²) in [4.78, 5) is 11.8. The molecule has 2 unspecified atom stereocenters. The largest absolute Gasteiger partial charge is 0.350 e. The number of hydrogen-bond acceptors (Lipinski definition) is 2. The molecule has 0 fully saturated rings. The summed E-state index contributed by atoms with van der Waals surface area (Å²) >= 11 is 0. The summed E-state index contributed by atoms with van der Waals surface area (Å²) in [5, 5.41) is 3.03. The van der Waals surface area contributed by atoms with Gasteiger partial charge in [-0.2, -0.15) is 0 Å². The van der Waals surface area contributed by atoms with Crippen LogP contribution >= 0.6 is 0 Å². The number of nitrogens with one attached hydrogen (secondary N) is 1. The molecule has 2 atom stereocenters. The highest BCUT2D eigenvalue weighted by atomic mass is 16.1. The summed E-state index contributed by atoms with van der Waals surface area (Å²) in [6, 6.07) is 8.65. The van der Waals surface area contributed by atoms with Crippen LogP contribution in [0.1, 0.15) is 57.2 Å². The maximum atomic E-state index is 11.8. The van der Waals surface area contributed by atoms with E-state index in [1.165, 1.54) is 5.56 Å². The van der Waals surface area contributed by atoms with Gasteiger partial charge >= 0.3 is 0 Å². The molecule has 0 radical (unpaired) electrons. The minimum Gasteiger partial charge on any atom is -0.350 e. The molecule has 0 saturated carbocycles. The first-order valence-electron chi connectivity index (χ1n) is 7.16. The number of carbonyl (C=O) groups is 1. The van der Waals surface area contributed by atoms with E-state index >= 15 is 0 Å². The molecule has 0 saturated heterocycles. The zero-order valence-corrected chi connectivity index (χ0v) is 12.3. The number of rotatable bonds is 7. The number of hydrogen-bond donors (Lipinski definition) is 2. The van der Waals surface area contributed by atoms with Crippen LogP contribution in [-0.4, -0.2) is 11.9 Å². The van der Waals surface area contributed by atoms with Crippen LogP contribution in [0.25, 0.3) is 0 Å². The van der Waals surface area contributed by atoms with Crippen molar-refractivity contribution in [1.29, 1.82) is 0 Å². The molecule has 0 heterocycles. The second-order valence-corrected chi connectivity index (χ2v) is 5.25. The molecular weight excluding hydrogens is 236 g/mol. The van der Waals surface area contributed by atoms with E-state index in [1.807, 2.05) is 13.8 Å². The van der Waals surface area contributed by atoms with E-state index in [0.717, 1.165) is 24.8 Å². The highest BCUT2D eigenvalue weighted by molar-refractivity contribution is 5.76. The fourth-order valence-corrected chi connectivity index (χ4v) is 2.02. The van der Waals surface area contributed by atoms with Crippen molar-refractivity contribution in [1.82, 2.24) is 5.32 Å². The number of amides is 1. The molecule has 0 aliphatic rings. The Balaban J connectivity index is 2.40. The maximum absolute atomic E-state index is 11.8. The predicted octanol–water partition coefficient (Wildman–Crippen LogP) is 2.94. The zero-order valence-electron chi connectivity index (χ0n) is 12.3. The van der Waals surface area contributed by atoms with E-state index < -0.39 is 0 Å². The van der Waals surface area contributed by atoms with Crippen LogP contribution in [0.15, 0.2) is 24.3 Å². The molecule has 3 nitrogen and oxygen atoms in total. The van der Waals surface area contributed by atoms with Gasteiger partial charge in [0.05, 0.1) is 6.04 Å². The summed E-state index contributed by atoms with van der Waals surface area (Å²) < 4.78 is 0. The van der Waals surface area contributed by atoms with Gasteiger partial charge in [-0.1, -0.05) is 31.2 Å². The lowest BCUT2D eigenvalue weighted by Crippen LogP contribution is -2.26. The van der Waals surface area contributed by atoms with E-state index in [0.29, 0.717) is 6.42 Å². The van der Waals surface area contributed by atoms with Gasteiger partial charge in [-0.25, -0.2) is 0 Å². The molecule has 3 heteroatoms. The average molecular weight is 262 g/mol. The summed E-state index contributed by atoms with van der Waals surface area (Å²) in [5.41, 5.74) is 8.14. The van der Waals surface area contributed by atoms with Gasteiger partial charge in [0.1, 0.15) is 0 Å². The molecular formula is C16H26N2O. The minimum absolute atomic E-state index is 0.0636. The molecule has 1 amide bonds. The van der Waals surface area contributed by atoms with E-state index in [9.17, 15) is 4.79 Å². The van der Waals surface area contributed by atoms with Crippen LogP contribution in [-0.2, 0) is 11.2 Å². The van der Waals surface area contributed by atoms with Crippen molar-refractivity contribution in [3.05, 3.63) is 35.4 Å². The van der Waals surface area contributed by atoms with Crippen molar-refractivity contribution in [3.8, 4) is 0 Å². The van der Waals surface area contributed by atoms with Gasteiger partial charge in [0.15, 0.2) is 0 Å². The minimum atomic E-state index is 0.0636. The zero-order chi connectivity index (χ0) is 14.3. The molecule has 1 aromatic rings. The van der Waals surface area contributed by atoms with Crippen LogP contribution in [0.4, 0.5) is 0 Å². The molecule has 0 aliphatic heterocycles. The van der Waals surface area contributed by atoms with Gasteiger partial charge in [-0.15, -0.1) is 0 Å². The highest BCUT2D eigenvalue weighted by Gasteiger charge is 2.09. The Morgan fingerprint density at radius 3 is 2.42 bits per heavy atom. The Labute approximate surface area is 116 Å². The fraction of sp³-hybridized carbons (Fsp3) is 0.562. The first-order valence-corrected chi connectivity index (χ1v) is 7.16. The van der Waals surface area contributed by atoms with Crippen molar-refractivity contribution in [2.45, 2.75) is 58.5 Å². The molecule has 3 N–H and O–H groups in total. The van der Waals surface area contributed by atoms with Gasteiger partial charge in [-0.05, 0) is 44.2 Å². The third kappa shape index (κ3) is 5.88. The van der Waals surface area contributed by atoms with Gasteiger partial charge in [0.25, 0.3) is 0 Å². The van der Waals surface area contributed by atoms with Crippen LogP contribution in [0.3, 0.4) is 0 Å². The Hall–Kier alpha value is -1.35. The van der Waals surface area contributed by atoms with Gasteiger partial charge in [0, 0.05) is 12.5 Å². The first-order chi connectivity index (χ1) is 9.02. The quantitative estimate of drug-likeness (QED) is 0.793. The molecule has 106 valence electrons. The van der Waals surface area contributed by atoms with Crippen LogP contribution in [0.2, 0.25) is 0 Å². The Bertz CT molecular complexity index is 384. The summed E-state index contributed by atoms with van der Waals surface area (Å²) in [5.74, 6) is 0.104. The van der Waals surface area contributed by atoms with Crippen LogP contribution < -0.4 is 11.1 Å². The van der Waals surface area contributed by atoms with E-state index in [4.69, 9.17) is 5.73 Å².